The molecular weight excluding hydrogens is 452 g/mol. The number of rotatable bonds is 9. The number of methoxy groups -OCH3 is 1. The lowest BCUT2D eigenvalue weighted by atomic mass is 10.3. The second-order valence-corrected chi connectivity index (χ2v) is 10.7. The van der Waals surface area contributed by atoms with E-state index in [4.69, 9.17) is 9.47 Å². The van der Waals surface area contributed by atoms with Crippen LogP contribution < -0.4 is 5.32 Å². The molecule has 11 heteroatoms. The molecule has 3 rings (SSSR count). The number of ether oxygens (including phenoxy) is 2. The molecule has 0 bridgehead atoms. The Hall–Kier alpha value is -1.92. The van der Waals surface area contributed by atoms with E-state index in [9.17, 15) is 13.2 Å². The van der Waals surface area contributed by atoms with Crippen molar-refractivity contribution in [1.29, 1.82) is 0 Å². The zero-order chi connectivity index (χ0) is 23.3. The molecule has 1 aromatic heterocycles. The minimum Gasteiger partial charge on any atom is -0.383 e. The molecule has 0 aliphatic carbocycles. The maximum atomic E-state index is 12.7. The Bertz CT molecular complexity index is 1030. The number of hydrogen-bond acceptors (Lipinski definition) is 7. The van der Waals surface area contributed by atoms with Crippen LogP contribution >= 0.6 is 11.8 Å². The van der Waals surface area contributed by atoms with E-state index in [1.807, 2.05) is 20.8 Å². The first kappa shape index (κ1) is 24.7. The van der Waals surface area contributed by atoms with Crippen molar-refractivity contribution in [3.05, 3.63) is 35.7 Å². The molecular formula is C21H30N4O5S2. The molecule has 1 aromatic carbocycles. The quantitative estimate of drug-likeness (QED) is 0.547. The van der Waals surface area contributed by atoms with Gasteiger partial charge in [-0.1, -0.05) is 11.8 Å². The average molecular weight is 483 g/mol. The zero-order valence-electron chi connectivity index (χ0n) is 18.8. The van der Waals surface area contributed by atoms with E-state index in [1.165, 1.54) is 28.2 Å². The Morgan fingerprint density at radius 2 is 1.91 bits per heavy atom. The molecule has 32 heavy (non-hydrogen) atoms. The third-order valence-electron chi connectivity index (χ3n) is 5.32. The first-order valence-electron chi connectivity index (χ1n) is 10.4. The molecule has 0 saturated carbocycles. The Morgan fingerprint density at radius 1 is 1.25 bits per heavy atom. The van der Waals surface area contributed by atoms with Gasteiger partial charge in [0.05, 0.1) is 35.7 Å². The van der Waals surface area contributed by atoms with Gasteiger partial charge in [-0.2, -0.15) is 4.31 Å². The lowest BCUT2D eigenvalue weighted by molar-refractivity contribution is -0.115. The van der Waals surface area contributed by atoms with E-state index in [0.29, 0.717) is 45.1 Å². The van der Waals surface area contributed by atoms with E-state index in [2.05, 4.69) is 14.9 Å². The molecule has 1 aliphatic heterocycles. The monoisotopic (exact) mass is 482 g/mol. The minimum absolute atomic E-state index is 0.185. The average Bonchev–Trinajstić information content (AvgIpc) is 3.05. The standard InChI is InChI=1S/C21H30N4O5S2/c1-15-16(2)25(11-12-29-4)21(22-15)31-17(3)20(26)23-18-5-7-19(8-6-18)32(27,28)24-9-13-30-14-10-24/h5-8,17H,9-14H2,1-4H3,(H,23,26). The van der Waals surface area contributed by atoms with Crippen LogP contribution in [0.15, 0.2) is 34.3 Å². The highest BCUT2D eigenvalue weighted by Gasteiger charge is 2.26. The van der Waals surface area contributed by atoms with Gasteiger partial charge in [-0.25, -0.2) is 13.4 Å². The molecule has 1 fully saturated rings. The Morgan fingerprint density at radius 3 is 2.53 bits per heavy atom. The summed E-state index contributed by atoms with van der Waals surface area (Å²) in [6.45, 7) is 8.46. The normalized spacial score (nSPS) is 16.1. The molecule has 1 aliphatic rings. The molecule has 0 spiro atoms. The summed E-state index contributed by atoms with van der Waals surface area (Å²) in [5.74, 6) is -0.185. The number of aryl methyl sites for hydroxylation is 1. The van der Waals surface area contributed by atoms with E-state index in [0.717, 1.165) is 16.5 Å². The number of aromatic nitrogens is 2. The van der Waals surface area contributed by atoms with Crippen LogP contribution in [0.3, 0.4) is 0 Å². The molecule has 1 saturated heterocycles. The number of sulfonamides is 1. The van der Waals surface area contributed by atoms with Crippen LogP contribution in [-0.2, 0) is 30.8 Å². The lowest BCUT2D eigenvalue weighted by Crippen LogP contribution is -2.40. The highest BCUT2D eigenvalue weighted by atomic mass is 32.2. The summed E-state index contributed by atoms with van der Waals surface area (Å²) in [4.78, 5) is 17.5. The molecule has 9 nitrogen and oxygen atoms in total. The summed E-state index contributed by atoms with van der Waals surface area (Å²) in [5.41, 5.74) is 2.51. The molecule has 176 valence electrons. The van der Waals surface area contributed by atoms with E-state index in [1.54, 1.807) is 19.2 Å². The third-order valence-corrected chi connectivity index (χ3v) is 8.33. The Balaban J connectivity index is 1.64. The summed E-state index contributed by atoms with van der Waals surface area (Å²) < 4.78 is 39.3. The maximum absolute atomic E-state index is 12.7. The van der Waals surface area contributed by atoms with Crippen molar-refractivity contribution in [2.75, 3.05) is 45.3 Å². The van der Waals surface area contributed by atoms with Crippen LogP contribution in [0.5, 0.6) is 0 Å². The number of imidazole rings is 1. The SMILES string of the molecule is COCCn1c(SC(C)C(=O)Nc2ccc(S(=O)(=O)N3CCOCC3)cc2)nc(C)c1C. The summed E-state index contributed by atoms with van der Waals surface area (Å²) in [6, 6.07) is 6.25. The number of anilines is 1. The van der Waals surface area contributed by atoms with Crippen molar-refractivity contribution in [3.63, 3.8) is 0 Å². The highest BCUT2D eigenvalue weighted by Crippen LogP contribution is 2.26. The molecule has 1 unspecified atom stereocenters. The van der Waals surface area contributed by atoms with Gasteiger partial charge in [0.15, 0.2) is 5.16 Å². The first-order chi connectivity index (χ1) is 15.2. The number of amides is 1. The number of morpholine rings is 1. The summed E-state index contributed by atoms with van der Waals surface area (Å²) >= 11 is 1.38. The number of carbonyl (C=O) groups excluding carboxylic acids is 1. The predicted octanol–water partition coefficient (Wildman–Crippen LogP) is 2.29. The minimum atomic E-state index is -3.56. The van der Waals surface area contributed by atoms with Crippen LogP contribution in [0.2, 0.25) is 0 Å². The largest absolute Gasteiger partial charge is 0.383 e. The van der Waals surface area contributed by atoms with Gasteiger partial charge in [0.25, 0.3) is 0 Å². The number of thioether (sulfide) groups is 1. The van der Waals surface area contributed by atoms with Crippen LogP contribution in [0.25, 0.3) is 0 Å². The van der Waals surface area contributed by atoms with Gasteiger partial charge < -0.3 is 19.4 Å². The first-order valence-corrected chi connectivity index (χ1v) is 12.7. The predicted molar refractivity (Wildman–Crippen MR) is 124 cm³/mol. The van der Waals surface area contributed by atoms with Gasteiger partial charge >= 0.3 is 0 Å². The Labute approximate surface area is 193 Å². The van der Waals surface area contributed by atoms with Crippen molar-refractivity contribution in [1.82, 2.24) is 13.9 Å². The van der Waals surface area contributed by atoms with Gasteiger partial charge in [-0.05, 0) is 45.0 Å². The summed E-state index contributed by atoms with van der Waals surface area (Å²) in [7, 11) is -1.91. The van der Waals surface area contributed by atoms with Crippen LogP contribution in [0.1, 0.15) is 18.3 Å². The van der Waals surface area contributed by atoms with E-state index in [-0.39, 0.29) is 10.8 Å². The number of nitrogens with zero attached hydrogens (tertiary/aromatic N) is 3. The fourth-order valence-electron chi connectivity index (χ4n) is 3.26. The zero-order valence-corrected chi connectivity index (χ0v) is 20.5. The second kappa shape index (κ2) is 10.8. The maximum Gasteiger partial charge on any atom is 0.243 e. The fourth-order valence-corrected chi connectivity index (χ4v) is 5.70. The fraction of sp³-hybridized carbons (Fsp3) is 0.524. The molecule has 1 atom stereocenters. The number of carbonyl (C=O) groups is 1. The molecule has 0 radical (unpaired) electrons. The molecule has 1 N–H and O–H groups in total. The number of nitrogens with one attached hydrogen (secondary N) is 1. The van der Waals surface area contributed by atoms with Gasteiger partial charge in [-0.15, -0.1) is 0 Å². The molecule has 2 heterocycles. The van der Waals surface area contributed by atoms with Gasteiger partial charge in [-0.3, -0.25) is 4.79 Å². The van der Waals surface area contributed by atoms with Crippen molar-refractivity contribution in [3.8, 4) is 0 Å². The topological polar surface area (TPSA) is 103 Å². The van der Waals surface area contributed by atoms with E-state index < -0.39 is 15.3 Å². The highest BCUT2D eigenvalue weighted by molar-refractivity contribution is 8.00. The van der Waals surface area contributed by atoms with Gasteiger partial charge in [0.1, 0.15) is 0 Å². The van der Waals surface area contributed by atoms with Crippen molar-refractivity contribution >= 4 is 33.4 Å². The van der Waals surface area contributed by atoms with Gasteiger partial charge in [0.2, 0.25) is 15.9 Å². The van der Waals surface area contributed by atoms with Crippen LogP contribution in [-0.4, -0.2) is 73.5 Å². The van der Waals surface area contributed by atoms with Gasteiger partial charge in [0, 0.05) is 38.1 Å². The lowest BCUT2D eigenvalue weighted by Gasteiger charge is -2.26. The number of hydrogen-bond donors (Lipinski definition) is 1. The Kier molecular flexibility index (Phi) is 8.34. The van der Waals surface area contributed by atoms with Crippen LogP contribution in [0.4, 0.5) is 5.69 Å². The second-order valence-electron chi connectivity index (χ2n) is 7.50. The van der Waals surface area contributed by atoms with E-state index >= 15 is 0 Å². The smallest absolute Gasteiger partial charge is 0.243 e. The summed E-state index contributed by atoms with van der Waals surface area (Å²) in [5, 5.41) is 3.23. The van der Waals surface area contributed by atoms with Crippen LogP contribution in [0, 0.1) is 13.8 Å². The molecule has 1 amide bonds. The third kappa shape index (κ3) is 5.70. The summed E-state index contributed by atoms with van der Waals surface area (Å²) in [6.07, 6.45) is 0. The van der Waals surface area contributed by atoms with Crippen molar-refractivity contribution in [2.24, 2.45) is 0 Å². The van der Waals surface area contributed by atoms with Crippen molar-refractivity contribution in [2.45, 2.75) is 42.6 Å². The van der Waals surface area contributed by atoms with Crippen molar-refractivity contribution < 1.29 is 22.7 Å². The molecule has 2 aromatic rings. The number of benzene rings is 1.